The number of carbonyl (C=O) groups excluding carboxylic acids is 3. The number of nitrogens with zero attached hydrogens (tertiary/aromatic N) is 1. The molecule has 0 unspecified atom stereocenters. The van der Waals surface area contributed by atoms with Crippen LogP contribution in [-0.2, 0) is 29.1 Å². The standard InChI is InChI=1S/C24H39N3O7S/c1-24(2,3)34-23(30)25-20(22(29)27-12-6-7-13-27)16-33-14-8-4-5-9-17-15-19(17)21(28)26-35(31,32)18-10-11-18/h5,9,17-20H,4,6-8,10-16H2,1-3H3,(H,25,30)(H,26,28)/b9-5-/t17-,19+,20+/m1/s1. The number of rotatable bonds is 12. The van der Waals surface area contributed by atoms with Crippen molar-refractivity contribution in [2.75, 3.05) is 26.3 Å². The van der Waals surface area contributed by atoms with Gasteiger partial charge in [0.05, 0.1) is 11.9 Å². The second kappa shape index (κ2) is 11.7. The highest BCUT2D eigenvalue weighted by atomic mass is 32.2. The summed E-state index contributed by atoms with van der Waals surface area (Å²) in [5.74, 6) is -0.755. The van der Waals surface area contributed by atoms with E-state index in [2.05, 4.69) is 10.0 Å². The fourth-order valence-electron chi connectivity index (χ4n) is 3.96. The summed E-state index contributed by atoms with van der Waals surface area (Å²) in [6.07, 6.45) is 8.56. The molecule has 1 saturated heterocycles. The maximum Gasteiger partial charge on any atom is 0.408 e. The summed E-state index contributed by atoms with van der Waals surface area (Å²) in [4.78, 5) is 38.8. The van der Waals surface area contributed by atoms with Gasteiger partial charge in [-0.3, -0.25) is 14.3 Å². The van der Waals surface area contributed by atoms with Crippen LogP contribution in [0, 0.1) is 11.8 Å². The van der Waals surface area contributed by atoms with E-state index in [1.165, 1.54) is 0 Å². The first-order valence-electron chi connectivity index (χ1n) is 12.5. The number of nitrogens with one attached hydrogen (secondary N) is 2. The fourth-order valence-corrected chi connectivity index (χ4v) is 5.32. The second-order valence-corrected chi connectivity index (χ2v) is 12.6. The SMILES string of the molecule is CC(C)(C)OC(=O)N[C@@H](COCCC/C=C\[C@@H]1C[C@@H]1C(=O)NS(=O)(=O)C1CC1)C(=O)N1CCCC1. The number of sulfonamides is 1. The molecule has 1 heterocycles. The van der Waals surface area contributed by atoms with Crippen LogP contribution in [0.2, 0.25) is 0 Å². The molecular weight excluding hydrogens is 474 g/mol. The van der Waals surface area contributed by atoms with E-state index in [1.54, 1.807) is 25.7 Å². The zero-order valence-electron chi connectivity index (χ0n) is 21.0. The number of allylic oxidation sites excluding steroid dienone is 2. The number of hydrogen-bond acceptors (Lipinski definition) is 7. The van der Waals surface area contributed by atoms with Gasteiger partial charge in [-0.05, 0) is 71.6 Å². The van der Waals surface area contributed by atoms with Gasteiger partial charge in [0, 0.05) is 25.6 Å². The third kappa shape index (κ3) is 9.10. The Morgan fingerprint density at radius 3 is 2.46 bits per heavy atom. The average Bonchev–Trinajstić information content (AvgIpc) is 3.68. The largest absolute Gasteiger partial charge is 0.444 e. The Hall–Kier alpha value is -2.14. The van der Waals surface area contributed by atoms with E-state index in [-0.39, 0.29) is 24.3 Å². The van der Waals surface area contributed by atoms with Crippen molar-refractivity contribution in [2.24, 2.45) is 11.8 Å². The number of hydrogen-bond donors (Lipinski definition) is 2. The molecule has 0 radical (unpaired) electrons. The quantitative estimate of drug-likeness (QED) is 0.302. The molecule has 0 spiro atoms. The lowest BCUT2D eigenvalue weighted by Crippen LogP contribution is -2.51. The van der Waals surface area contributed by atoms with Crippen LogP contribution < -0.4 is 10.0 Å². The van der Waals surface area contributed by atoms with Crippen LogP contribution in [0.1, 0.15) is 65.7 Å². The number of carbonyl (C=O) groups is 3. The monoisotopic (exact) mass is 513 g/mol. The molecule has 3 amide bonds. The van der Waals surface area contributed by atoms with Crippen molar-refractivity contribution < 1.29 is 32.3 Å². The molecule has 3 rings (SSSR count). The third-order valence-electron chi connectivity index (χ3n) is 6.12. The van der Waals surface area contributed by atoms with Crippen molar-refractivity contribution >= 4 is 27.9 Å². The van der Waals surface area contributed by atoms with Crippen LogP contribution in [0.15, 0.2) is 12.2 Å². The molecular formula is C24H39N3O7S. The number of unbranched alkanes of at least 4 members (excludes halogenated alkanes) is 1. The van der Waals surface area contributed by atoms with E-state index in [9.17, 15) is 22.8 Å². The summed E-state index contributed by atoms with van der Waals surface area (Å²) < 4.78 is 36.9. The smallest absolute Gasteiger partial charge is 0.408 e. The summed E-state index contributed by atoms with van der Waals surface area (Å²) in [5.41, 5.74) is -0.661. The maximum atomic E-state index is 12.8. The topological polar surface area (TPSA) is 131 Å². The molecule has 11 heteroatoms. The minimum atomic E-state index is -3.49. The molecule has 198 valence electrons. The van der Waals surface area contributed by atoms with Crippen molar-refractivity contribution in [1.29, 1.82) is 0 Å². The first kappa shape index (κ1) is 27.4. The van der Waals surface area contributed by atoms with E-state index in [0.717, 1.165) is 19.3 Å². The zero-order valence-corrected chi connectivity index (χ0v) is 21.8. The summed E-state index contributed by atoms with van der Waals surface area (Å²) >= 11 is 0. The first-order valence-corrected chi connectivity index (χ1v) is 14.1. The summed E-state index contributed by atoms with van der Waals surface area (Å²) in [5, 5.41) is 2.25. The van der Waals surface area contributed by atoms with Crippen LogP contribution >= 0.6 is 0 Å². The van der Waals surface area contributed by atoms with Crippen molar-refractivity contribution in [3.05, 3.63) is 12.2 Å². The molecule has 3 atom stereocenters. The predicted octanol–water partition coefficient (Wildman–Crippen LogP) is 2.10. The minimum absolute atomic E-state index is 0.0681. The van der Waals surface area contributed by atoms with Gasteiger partial charge in [-0.1, -0.05) is 12.2 Å². The van der Waals surface area contributed by atoms with Crippen LogP contribution in [0.25, 0.3) is 0 Å². The average molecular weight is 514 g/mol. The van der Waals surface area contributed by atoms with Crippen molar-refractivity contribution in [3.63, 3.8) is 0 Å². The molecule has 0 bridgehead atoms. The Labute approximate surface area is 208 Å². The van der Waals surface area contributed by atoms with E-state index in [4.69, 9.17) is 9.47 Å². The highest BCUT2D eigenvalue weighted by Gasteiger charge is 2.44. The number of likely N-dealkylation sites (tertiary alicyclic amines) is 1. The molecule has 3 fully saturated rings. The van der Waals surface area contributed by atoms with Gasteiger partial charge in [0.1, 0.15) is 11.6 Å². The van der Waals surface area contributed by atoms with Gasteiger partial charge in [-0.2, -0.15) is 0 Å². The predicted molar refractivity (Wildman–Crippen MR) is 130 cm³/mol. The van der Waals surface area contributed by atoms with Crippen molar-refractivity contribution in [2.45, 2.75) is 82.6 Å². The lowest BCUT2D eigenvalue weighted by molar-refractivity contribution is -0.134. The van der Waals surface area contributed by atoms with Crippen LogP contribution in [0.4, 0.5) is 4.79 Å². The molecule has 35 heavy (non-hydrogen) atoms. The van der Waals surface area contributed by atoms with Crippen LogP contribution in [-0.4, -0.2) is 74.4 Å². The van der Waals surface area contributed by atoms with Crippen molar-refractivity contribution in [3.8, 4) is 0 Å². The molecule has 0 aromatic carbocycles. The molecule has 3 aliphatic rings. The molecule has 0 aromatic rings. The van der Waals surface area contributed by atoms with Crippen LogP contribution in [0.3, 0.4) is 0 Å². The molecule has 2 saturated carbocycles. The van der Waals surface area contributed by atoms with Gasteiger partial charge >= 0.3 is 6.09 Å². The molecule has 2 aliphatic carbocycles. The fraction of sp³-hybridized carbons (Fsp3) is 0.792. The van der Waals surface area contributed by atoms with E-state index in [1.807, 2.05) is 12.2 Å². The van der Waals surface area contributed by atoms with Gasteiger partial charge in [0.15, 0.2) is 0 Å². The zero-order chi connectivity index (χ0) is 25.6. The normalized spacial score (nSPS) is 23.2. The lowest BCUT2D eigenvalue weighted by Gasteiger charge is -2.26. The van der Waals surface area contributed by atoms with E-state index < -0.39 is 38.9 Å². The number of alkyl carbamates (subject to hydrolysis) is 1. The highest BCUT2D eigenvalue weighted by molar-refractivity contribution is 7.90. The summed E-state index contributed by atoms with van der Waals surface area (Å²) in [6.45, 7) is 7.14. The Kier molecular flexibility index (Phi) is 9.20. The Balaban J connectivity index is 1.34. The molecule has 2 N–H and O–H groups in total. The van der Waals surface area contributed by atoms with Gasteiger partial charge in [-0.15, -0.1) is 0 Å². The highest BCUT2D eigenvalue weighted by Crippen LogP contribution is 2.40. The third-order valence-corrected chi connectivity index (χ3v) is 7.95. The van der Waals surface area contributed by atoms with Gasteiger partial charge in [0.2, 0.25) is 21.8 Å². The first-order chi connectivity index (χ1) is 16.5. The van der Waals surface area contributed by atoms with Gasteiger partial charge in [0.25, 0.3) is 0 Å². The maximum absolute atomic E-state index is 12.8. The lowest BCUT2D eigenvalue weighted by atomic mass is 10.2. The molecule has 10 nitrogen and oxygen atoms in total. The van der Waals surface area contributed by atoms with Crippen LogP contribution in [0.5, 0.6) is 0 Å². The number of ether oxygens (including phenoxy) is 2. The van der Waals surface area contributed by atoms with E-state index in [0.29, 0.717) is 45.4 Å². The summed E-state index contributed by atoms with van der Waals surface area (Å²) in [6, 6.07) is -0.795. The minimum Gasteiger partial charge on any atom is -0.444 e. The van der Waals surface area contributed by atoms with Crippen molar-refractivity contribution in [1.82, 2.24) is 14.9 Å². The van der Waals surface area contributed by atoms with Gasteiger partial charge in [-0.25, -0.2) is 13.2 Å². The Morgan fingerprint density at radius 2 is 1.83 bits per heavy atom. The Bertz CT molecular complexity index is 903. The Morgan fingerprint density at radius 1 is 1.14 bits per heavy atom. The second-order valence-electron chi connectivity index (χ2n) is 10.6. The number of amides is 3. The van der Waals surface area contributed by atoms with Gasteiger partial charge < -0.3 is 19.7 Å². The molecule has 1 aliphatic heterocycles. The summed E-state index contributed by atoms with van der Waals surface area (Å²) in [7, 11) is -3.49. The molecule has 0 aromatic heterocycles. The van der Waals surface area contributed by atoms with E-state index >= 15 is 0 Å².